The van der Waals surface area contributed by atoms with Gasteiger partial charge in [0.25, 0.3) is 5.91 Å². The number of aryl methyl sites for hydroxylation is 1. The first kappa shape index (κ1) is 16.6. The molecule has 1 aliphatic heterocycles. The van der Waals surface area contributed by atoms with Gasteiger partial charge < -0.3 is 33.3 Å². The molecule has 0 aromatic heterocycles. The van der Waals surface area contributed by atoms with Gasteiger partial charge >= 0.3 is 0 Å². The molecule has 6 heteroatoms. The molecule has 1 aromatic carbocycles. The van der Waals surface area contributed by atoms with Crippen molar-refractivity contribution >= 4 is 17.3 Å². The lowest BCUT2D eigenvalue weighted by atomic mass is 10.1. The summed E-state index contributed by atoms with van der Waals surface area (Å²) in [5.41, 5.74) is 14.3. The Kier molecular flexibility index (Phi) is 5.25. The van der Waals surface area contributed by atoms with Crippen molar-refractivity contribution in [3.8, 4) is 0 Å². The molecule has 112 valence electrons. The fraction of sp³-hybridized carbons (Fsp3) is 0.500. The number of likely N-dealkylation sites (N-methyl/N-ethyl adjacent to an activating group) is 1. The van der Waals surface area contributed by atoms with Crippen LogP contribution in [-0.2, 0) is 4.79 Å². The second-order valence-electron chi connectivity index (χ2n) is 5.72. The molecule has 2 rings (SSSR count). The van der Waals surface area contributed by atoms with Gasteiger partial charge in [0.05, 0.1) is 33.2 Å². The summed E-state index contributed by atoms with van der Waals surface area (Å²) in [5, 5.41) is 0. The Morgan fingerprint density at radius 2 is 1.95 bits per heavy atom. The Bertz CT molecular complexity index is 484. The summed E-state index contributed by atoms with van der Waals surface area (Å²) in [4.78, 5) is 13.4. The molecule has 0 bridgehead atoms. The van der Waals surface area contributed by atoms with Crippen LogP contribution in [0.4, 0.5) is 11.4 Å². The molecule has 1 saturated heterocycles. The highest BCUT2D eigenvalue weighted by atomic mass is 35.5. The first-order valence-electron chi connectivity index (χ1n) is 6.63. The molecule has 0 saturated carbocycles. The average Bonchev–Trinajstić information content (AvgIpc) is 2.32. The van der Waals surface area contributed by atoms with E-state index in [0.29, 0.717) is 6.54 Å². The highest BCUT2D eigenvalue weighted by Crippen LogP contribution is 2.22. The Balaban J connectivity index is 0.00000200. The van der Waals surface area contributed by atoms with Crippen molar-refractivity contribution in [3.05, 3.63) is 23.8 Å². The number of anilines is 2. The van der Waals surface area contributed by atoms with E-state index in [1.807, 2.05) is 13.0 Å². The highest BCUT2D eigenvalue weighted by molar-refractivity contribution is 5.74. The van der Waals surface area contributed by atoms with E-state index in [-0.39, 0.29) is 18.3 Å². The zero-order valence-electron chi connectivity index (χ0n) is 12.1. The molecule has 20 heavy (non-hydrogen) atoms. The predicted octanol–water partition coefficient (Wildman–Crippen LogP) is -2.67. The Morgan fingerprint density at radius 1 is 1.35 bits per heavy atom. The fourth-order valence-corrected chi connectivity index (χ4v) is 2.60. The number of hydrogen-bond acceptors (Lipinski definition) is 3. The number of piperazine rings is 1. The van der Waals surface area contributed by atoms with Crippen LogP contribution in [0.5, 0.6) is 0 Å². The lowest BCUT2D eigenvalue weighted by Gasteiger charge is -2.42. The third-order valence-electron chi connectivity index (χ3n) is 3.98. The third kappa shape index (κ3) is 3.77. The molecule has 0 aliphatic carbocycles. The number of quaternary nitrogens is 1. The van der Waals surface area contributed by atoms with Gasteiger partial charge in [-0.2, -0.15) is 0 Å². The van der Waals surface area contributed by atoms with Gasteiger partial charge in [-0.3, -0.25) is 4.79 Å². The highest BCUT2D eigenvalue weighted by Gasteiger charge is 2.30. The molecule has 1 aliphatic rings. The van der Waals surface area contributed by atoms with Crippen molar-refractivity contribution in [1.29, 1.82) is 0 Å². The number of nitrogen functional groups attached to an aromatic ring is 1. The van der Waals surface area contributed by atoms with Gasteiger partial charge in [0.1, 0.15) is 0 Å². The normalized spacial score (nSPS) is 17.4. The van der Waals surface area contributed by atoms with Crippen LogP contribution in [0.15, 0.2) is 18.2 Å². The average molecular weight is 299 g/mol. The van der Waals surface area contributed by atoms with E-state index < -0.39 is 0 Å². The van der Waals surface area contributed by atoms with Crippen LogP contribution in [0.1, 0.15) is 5.56 Å². The number of carbonyl (C=O) groups excluding carboxylic acids is 1. The Morgan fingerprint density at radius 3 is 2.45 bits per heavy atom. The van der Waals surface area contributed by atoms with Crippen LogP contribution in [0.3, 0.4) is 0 Å². The number of primary amides is 1. The smallest absolute Gasteiger partial charge is 0.272 e. The molecule has 1 fully saturated rings. The van der Waals surface area contributed by atoms with Crippen molar-refractivity contribution in [1.82, 2.24) is 0 Å². The number of benzene rings is 1. The van der Waals surface area contributed by atoms with Crippen LogP contribution in [-0.4, -0.2) is 50.2 Å². The summed E-state index contributed by atoms with van der Waals surface area (Å²) in [6.45, 7) is 6.20. The zero-order valence-corrected chi connectivity index (χ0v) is 12.9. The molecule has 0 spiro atoms. The lowest BCUT2D eigenvalue weighted by Crippen LogP contribution is -3.00. The summed E-state index contributed by atoms with van der Waals surface area (Å²) in [7, 11) is 2.09. The number of nitrogens with zero attached hydrogens (tertiary/aromatic N) is 2. The van der Waals surface area contributed by atoms with E-state index in [0.717, 1.165) is 41.9 Å². The molecule has 0 unspecified atom stereocenters. The van der Waals surface area contributed by atoms with Crippen LogP contribution < -0.4 is 28.8 Å². The van der Waals surface area contributed by atoms with E-state index in [2.05, 4.69) is 24.1 Å². The minimum absolute atomic E-state index is 0. The van der Waals surface area contributed by atoms with Crippen molar-refractivity contribution in [2.75, 3.05) is 50.4 Å². The zero-order chi connectivity index (χ0) is 14.0. The van der Waals surface area contributed by atoms with Gasteiger partial charge in [-0.15, -0.1) is 0 Å². The largest absolute Gasteiger partial charge is 1.00 e. The third-order valence-corrected chi connectivity index (χ3v) is 3.98. The summed E-state index contributed by atoms with van der Waals surface area (Å²) in [5.74, 6) is -0.223. The molecule has 0 radical (unpaired) electrons. The topological polar surface area (TPSA) is 72.3 Å². The summed E-state index contributed by atoms with van der Waals surface area (Å²) < 4.78 is 0.736. The summed E-state index contributed by atoms with van der Waals surface area (Å²) >= 11 is 0. The Hall–Kier alpha value is -1.46. The number of hydrogen-bond donors (Lipinski definition) is 2. The molecule has 1 aromatic rings. The minimum atomic E-state index is -0.223. The number of carbonyl (C=O) groups is 1. The van der Waals surface area contributed by atoms with E-state index >= 15 is 0 Å². The molecular formula is C14H23ClN4O. The molecule has 4 N–H and O–H groups in total. The maximum atomic E-state index is 11.1. The van der Waals surface area contributed by atoms with Gasteiger partial charge in [-0.25, -0.2) is 0 Å². The van der Waals surface area contributed by atoms with Gasteiger partial charge in [-0.1, -0.05) is 0 Å². The summed E-state index contributed by atoms with van der Waals surface area (Å²) in [6, 6.07) is 6.14. The quantitative estimate of drug-likeness (QED) is 0.472. The van der Waals surface area contributed by atoms with E-state index in [1.165, 1.54) is 5.69 Å². The number of nitrogens with two attached hydrogens (primary N) is 2. The lowest BCUT2D eigenvalue weighted by molar-refractivity contribution is -0.902. The van der Waals surface area contributed by atoms with Crippen molar-refractivity contribution in [3.63, 3.8) is 0 Å². The van der Waals surface area contributed by atoms with E-state index in [9.17, 15) is 4.79 Å². The number of amides is 1. The maximum Gasteiger partial charge on any atom is 0.272 e. The van der Waals surface area contributed by atoms with Crippen molar-refractivity contribution in [2.45, 2.75) is 6.92 Å². The van der Waals surface area contributed by atoms with Crippen LogP contribution in [0, 0.1) is 6.92 Å². The van der Waals surface area contributed by atoms with Crippen molar-refractivity contribution < 1.29 is 21.7 Å². The second-order valence-corrected chi connectivity index (χ2v) is 5.72. The molecule has 0 atom stereocenters. The monoisotopic (exact) mass is 298 g/mol. The van der Waals surface area contributed by atoms with Gasteiger partial charge in [0.15, 0.2) is 6.54 Å². The predicted molar refractivity (Wildman–Crippen MR) is 77.8 cm³/mol. The fourth-order valence-electron chi connectivity index (χ4n) is 2.60. The van der Waals surface area contributed by atoms with E-state index in [1.54, 1.807) is 0 Å². The maximum absolute atomic E-state index is 11.1. The van der Waals surface area contributed by atoms with Gasteiger partial charge in [-0.05, 0) is 30.7 Å². The van der Waals surface area contributed by atoms with Crippen LogP contribution in [0.2, 0.25) is 0 Å². The van der Waals surface area contributed by atoms with Gasteiger partial charge in [0, 0.05) is 11.4 Å². The number of rotatable bonds is 3. The second kappa shape index (κ2) is 6.33. The SMILES string of the molecule is Cc1cc(N2CC[N+](C)(CC(N)=O)CC2)ccc1N.[Cl-]. The molecule has 1 heterocycles. The van der Waals surface area contributed by atoms with Crippen molar-refractivity contribution in [2.24, 2.45) is 5.73 Å². The first-order valence-corrected chi connectivity index (χ1v) is 6.63. The van der Waals surface area contributed by atoms with Crippen LogP contribution in [0.25, 0.3) is 0 Å². The van der Waals surface area contributed by atoms with E-state index in [4.69, 9.17) is 11.5 Å². The molecule has 1 amide bonds. The van der Waals surface area contributed by atoms with Crippen LogP contribution >= 0.6 is 0 Å². The first-order chi connectivity index (χ1) is 8.89. The molecular weight excluding hydrogens is 276 g/mol. The molecule has 5 nitrogen and oxygen atoms in total. The summed E-state index contributed by atoms with van der Waals surface area (Å²) in [6.07, 6.45) is 0. The minimum Gasteiger partial charge on any atom is -1.00 e. The van der Waals surface area contributed by atoms with Gasteiger partial charge in [0.2, 0.25) is 0 Å². The Labute approximate surface area is 126 Å². The number of halogens is 1. The standard InChI is InChI=1S/C14H22N4O.ClH/c1-11-9-12(3-4-13(11)15)17-5-7-18(2,8-6-17)10-14(16)19;/h3-4,9H,5-8,10,15H2,1-2H3,(H-,16,19);1H.